The van der Waals surface area contributed by atoms with Crippen molar-refractivity contribution >= 4 is 43.9 Å². The van der Waals surface area contributed by atoms with Crippen LogP contribution in [-0.4, -0.2) is 20.9 Å². The predicted molar refractivity (Wildman–Crippen MR) is 106 cm³/mol. The Morgan fingerprint density at radius 3 is 2.63 bits per heavy atom. The van der Waals surface area contributed by atoms with Crippen LogP contribution in [0, 0.1) is 19.7 Å². The molecule has 27 heavy (non-hydrogen) atoms. The Labute approximate surface area is 163 Å². The van der Waals surface area contributed by atoms with Crippen LogP contribution in [-0.2, 0) is 6.54 Å². The molecule has 3 heterocycles. The van der Waals surface area contributed by atoms with Gasteiger partial charge in [0, 0.05) is 6.20 Å². The summed E-state index contributed by atoms with van der Waals surface area (Å²) in [4.78, 5) is 28.5. The number of amides is 1. The molecule has 0 atom stereocenters. The molecular formula is C19H15FN4OS2. The number of para-hydroxylation sites is 1. The first-order valence-electron chi connectivity index (χ1n) is 8.24. The van der Waals surface area contributed by atoms with Gasteiger partial charge in [0.25, 0.3) is 5.91 Å². The topological polar surface area (TPSA) is 59.0 Å². The van der Waals surface area contributed by atoms with Gasteiger partial charge in [0.1, 0.15) is 16.2 Å². The molecule has 0 radical (unpaired) electrons. The van der Waals surface area contributed by atoms with Crippen LogP contribution >= 0.6 is 22.7 Å². The molecule has 8 heteroatoms. The molecule has 0 fully saturated rings. The van der Waals surface area contributed by atoms with Crippen molar-refractivity contribution in [2.75, 3.05) is 4.90 Å². The molecule has 0 N–H and O–H groups in total. The van der Waals surface area contributed by atoms with E-state index < -0.39 is 5.82 Å². The Balaban J connectivity index is 1.80. The molecule has 3 aromatic heterocycles. The van der Waals surface area contributed by atoms with E-state index in [-0.39, 0.29) is 18.0 Å². The average molecular weight is 398 g/mol. The fraction of sp³-hybridized carbons (Fsp3) is 0.158. The van der Waals surface area contributed by atoms with Crippen molar-refractivity contribution < 1.29 is 9.18 Å². The summed E-state index contributed by atoms with van der Waals surface area (Å²) in [6, 6.07) is 10.3. The molecule has 0 unspecified atom stereocenters. The Morgan fingerprint density at radius 2 is 1.96 bits per heavy atom. The third kappa shape index (κ3) is 3.45. The van der Waals surface area contributed by atoms with E-state index in [2.05, 4.69) is 15.0 Å². The van der Waals surface area contributed by atoms with Gasteiger partial charge in [0.05, 0.1) is 27.6 Å². The van der Waals surface area contributed by atoms with Crippen LogP contribution in [0.3, 0.4) is 0 Å². The first kappa shape index (κ1) is 17.7. The number of fused-ring (bicyclic) bond motifs is 1. The van der Waals surface area contributed by atoms with Crippen molar-refractivity contribution in [2.45, 2.75) is 20.4 Å². The largest absolute Gasteiger partial charge is 0.277 e. The van der Waals surface area contributed by atoms with Crippen molar-refractivity contribution in [1.29, 1.82) is 0 Å². The summed E-state index contributed by atoms with van der Waals surface area (Å²) in [5.74, 6) is -0.603. The SMILES string of the molecule is Cc1nc(C)c(C(=O)N(Cc2ccccn2)c2nc3c(F)cccc3s2)s1. The van der Waals surface area contributed by atoms with Crippen LogP contribution in [0.25, 0.3) is 10.2 Å². The van der Waals surface area contributed by atoms with Gasteiger partial charge in [-0.15, -0.1) is 11.3 Å². The quantitative estimate of drug-likeness (QED) is 0.498. The number of hydrogen-bond acceptors (Lipinski definition) is 6. The molecule has 0 saturated carbocycles. The van der Waals surface area contributed by atoms with Gasteiger partial charge in [-0.1, -0.05) is 23.5 Å². The first-order valence-corrected chi connectivity index (χ1v) is 9.87. The number of halogens is 1. The standard InChI is InChI=1S/C19H15FN4OS2/c1-11-17(26-12(2)22-11)18(25)24(10-13-6-3-4-9-21-13)19-23-16-14(20)7-5-8-15(16)27-19/h3-9H,10H2,1-2H3. The van der Waals surface area contributed by atoms with Gasteiger partial charge >= 0.3 is 0 Å². The molecule has 0 aliphatic carbocycles. The van der Waals surface area contributed by atoms with Crippen LogP contribution in [0.5, 0.6) is 0 Å². The maximum Gasteiger partial charge on any atom is 0.272 e. The molecule has 4 rings (SSSR count). The van der Waals surface area contributed by atoms with E-state index >= 15 is 0 Å². The van der Waals surface area contributed by atoms with Crippen LogP contribution in [0.4, 0.5) is 9.52 Å². The zero-order valence-corrected chi connectivity index (χ0v) is 16.3. The van der Waals surface area contributed by atoms with E-state index in [1.165, 1.54) is 28.7 Å². The molecule has 0 bridgehead atoms. The third-order valence-corrected chi connectivity index (χ3v) is 6.08. The number of rotatable bonds is 4. The number of anilines is 1. The number of carbonyl (C=O) groups is 1. The van der Waals surface area contributed by atoms with Crippen molar-refractivity contribution in [3.05, 3.63) is 69.7 Å². The lowest BCUT2D eigenvalue weighted by atomic mass is 10.3. The second kappa shape index (κ2) is 7.13. The first-order chi connectivity index (χ1) is 13.0. The lowest BCUT2D eigenvalue weighted by Crippen LogP contribution is -2.30. The molecule has 4 aromatic rings. The van der Waals surface area contributed by atoms with Gasteiger partial charge in [-0.2, -0.15) is 0 Å². The third-order valence-electron chi connectivity index (χ3n) is 3.98. The van der Waals surface area contributed by atoms with E-state index in [0.29, 0.717) is 20.4 Å². The molecule has 0 saturated heterocycles. The minimum Gasteiger partial charge on any atom is -0.277 e. The monoisotopic (exact) mass is 398 g/mol. The average Bonchev–Trinajstić information content (AvgIpc) is 3.23. The Morgan fingerprint density at radius 1 is 1.11 bits per heavy atom. The van der Waals surface area contributed by atoms with Gasteiger partial charge in [-0.3, -0.25) is 14.7 Å². The van der Waals surface area contributed by atoms with Crippen molar-refractivity contribution in [2.24, 2.45) is 0 Å². The van der Waals surface area contributed by atoms with Crippen molar-refractivity contribution in [3.63, 3.8) is 0 Å². The summed E-state index contributed by atoms with van der Waals surface area (Å²) >= 11 is 2.63. The Bertz CT molecular complexity index is 1120. The normalized spacial score (nSPS) is 11.1. The number of pyridine rings is 1. The Kier molecular flexibility index (Phi) is 4.67. The number of aromatic nitrogens is 3. The summed E-state index contributed by atoms with van der Waals surface area (Å²) < 4.78 is 14.8. The smallest absolute Gasteiger partial charge is 0.272 e. The molecule has 0 aliphatic rings. The summed E-state index contributed by atoms with van der Waals surface area (Å²) in [7, 11) is 0. The number of aryl methyl sites for hydroxylation is 2. The number of hydrogen-bond donors (Lipinski definition) is 0. The van der Waals surface area contributed by atoms with Gasteiger partial charge in [-0.25, -0.2) is 14.4 Å². The molecular weight excluding hydrogens is 383 g/mol. The van der Waals surface area contributed by atoms with Crippen LogP contribution in [0.15, 0.2) is 42.6 Å². The molecule has 1 amide bonds. The van der Waals surface area contributed by atoms with E-state index in [0.717, 1.165) is 10.7 Å². The minimum atomic E-state index is -0.398. The second-order valence-electron chi connectivity index (χ2n) is 5.94. The van der Waals surface area contributed by atoms with E-state index in [1.54, 1.807) is 23.2 Å². The van der Waals surface area contributed by atoms with Crippen LogP contribution in [0.2, 0.25) is 0 Å². The maximum absolute atomic E-state index is 14.1. The Hall–Kier alpha value is -2.71. The lowest BCUT2D eigenvalue weighted by Gasteiger charge is -2.19. The minimum absolute atomic E-state index is 0.205. The highest BCUT2D eigenvalue weighted by molar-refractivity contribution is 7.22. The fourth-order valence-electron chi connectivity index (χ4n) is 2.75. The summed E-state index contributed by atoms with van der Waals surface area (Å²) in [5, 5.41) is 1.26. The van der Waals surface area contributed by atoms with E-state index in [4.69, 9.17) is 0 Å². The molecule has 1 aromatic carbocycles. The predicted octanol–water partition coefficient (Wildman–Crippen LogP) is 4.75. The summed E-state index contributed by atoms with van der Waals surface area (Å²) in [6.45, 7) is 3.93. The highest BCUT2D eigenvalue weighted by Crippen LogP contribution is 2.33. The van der Waals surface area contributed by atoms with Crippen LogP contribution in [0.1, 0.15) is 26.1 Å². The number of carbonyl (C=O) groups excluding carboxylic acids is 1. The van der Waals surface area contributed by atoms with Crippen molar-refractivity contribution in [3.8, 4) is 0 Å². The maximum atomic E-state index is 14.1. The van der Waals surface area contributed by atoms with E-state index in [9.17, 15) is 9.18 Å². The zero-order valence-electron chi connectivity index (χ0n) is 14.6. The number of nitrogens with zero attached hydrogens (tertiary/aromatic N) is 4. The molecule has 5 nitrogen and oxygen atoms in total. The van der Waals surface area contributed by atoms with Gasteiger partial charge in [-0.05, 0) is 38.1 Å². The highest BCUT2D eigenvalue weighted by atomic mass is 32.1. The van der Waals surface area contributed by atoms with E-state index in [1.807, 2.05) is 32.0 Å². The van der Waals surface area contributed by atoms with Crippen LogP contribution < -0.4 is 4.90 Å². The fourth-order valence-corrected chi connectivity index (χ4v) is 4.60. The van der Waals surface area contributed by atoms with Gasteiger partial charge < -0.3 is 0 Å². The highest BCUT2D eigenvalue weighted by Gasteiger charge is 2.26. The van der Waals surface area contributed by atoms with Gasteiger partial charge in [0.15, 0.2) is 5.13 Å². The summed E-state index contributed by atoms with van der Waals surface area (Å²) in [5.41, 5.74) is 1.68. The second-order valence-corrected chi connectivity index (χ2v) is 8.16. The molecule has 136 valence electrons. The zero-order chi connectivity index (χ0) is 19.0. The lowest BCUT2D eigenvalue weighted by molar-refractivity contribution is 0.0988. The summed E-state index contributed by atoms with van der Waals surface area (Å²) in [6.07, 6.45) is 1.68. The van der Waals surface area contributed by atoms with Crippen molar-refractivity contribution in [1.82, 2.24) is 15.0 Å². The number of thiazole rings is 2. The molecule has 0 aliphatic heterocycles. The number of benzene rings is 1. The molecule has 0 spiro atoms. The van der Waals surface area contributed by atoms with Gasteiger partial charge in [0.2, 0.25) is 0 Å².